The number of ether oxygens (including phenoxy) is 1. The van der Waals surface area contributed by atoms with Gasteiger partial charge in [-0.2, -0.15) is 0 Å². The number of morpholine rings is 1. The molecule has 0 aromatic rings. The molecule has 1 saturated carbocycles. The van der Waals surface area contributed by atoms with Crippen LogP contribution in [0.3, 0.4) is 0 Å². The molecule has 20 heavy (non-hydrogen) atoms. The van der Waals surface area contributed by atoms with Gasteiger partial charge in [0.15, 0.2) is 5.17 Å². The van der Waals surface area contributed by atoms with Crippen LogP contribution in [0.4, 0.5) is 0 Å². The summed E-state index contributed by atoms with van der Waals surface area (Å²) in [6, 6.07) is 0.644. The normalized spacial score (nSPS) is 40.6. The molecule has 4 unspecified atom stereocenters. The van der Waals surface area contributed by atoms with Crippen molar-refractivity contribution < 1.29 is 4.74 Å². The molecular weight excluding hydrogens is 270 g/mol. The number of thioether (sulfide) groups is 1. The van der Waals surface area contributed by atoms with Crippen LogP contribution in [0, 0.1) is 11.8 Å². The summed E-state index contributed by atoms with van der Waals surface area (Å²) < 4.78 is 5.37. The second kappa shape index (κ2) is 6.67. The van der Waals surface area contributed by atoms with E-state index in [0.29, 0.717) is 6.04 Å². The minimum Gasteiger partial charge on any atom is -0.379 e. The monoisotopic (exact) mass is 297 g/mol. The quantitative estimate of drug-likeness (QED) is 0.862. The van der Waals surface area contributed by atoms with Crippen molar-refractivity contribution in [3.8, 4) is 0 Å². The molecule has 4 atom stereocenters. The molecule has 3 rings (SSSR count). The zero-order valence-corrected chi connectivity index (χ0v) is 13.5. The summed E-state index contributed by atoms with van der Waals surface area (Å²) in [5.41, 5.74) is 0. The number of nitrogens with one attached hydrogen (secondary N) is 1. The summed E-state index contributed by atoms with van der Waals surface area (Å²) >= 11 is 1.98. The molecule has 1 aliphatic carbocycles. The second-order valence-electron chi connectivity index (χ2n) is 6.38. The van der Waals surface area contributed by atoms with E-state index >= 15 is 0 Å². The SMILES string of the molecule is CC1CCC2SC(=NCCN3CCOCC3)NC2C1C. The number of hydrogen-bond acceptors (Lipinski definition) is 4. The van der Waals surface area contributed by atoms with Crippen LogP contribution in [0.1, 0.15) is 26.7 Å². The first-order valence-electron chi connectivity index (χ1n) is 8.02. The molecule has 0 aromatic carbocycles. The maximum atomic E-state index is 5.37. The standard InChI is InChI=1S/C15H27N3OS/c1-11-3-4-13-14(12(11)2)17-15(20-13)16-5-6-18-7-9-19-10-8-18/h11-14H,3-10H2,1-2H3,(H,16,17). The Morgan fingerprint density at radius 1 is 1.30 bits per heavy atom. The van der Waals surface area contributed by atoms with Gasteiger partial charge in [0.1, 0.15) is 0 Å². The fourth-order valence-corrected chi connectivity index (χ4v) is 4.81. The van der Waals surface area contributed by atoms with Crippen LogP contribution in [-0.4, -0.2) is 60.8 Å². The zero-order chi connectivity index (χ0) is 13.9. The molecule has 2 aliphatic heterocycles. The number of aliphatic imine (C=N–C) groups is 1. The van der Waals surface area contributed by atoms with E-state index in [1.165, 1.54) is 18.0 Å². The highest BCUT2D eigenvalue weighted by atomic mass is 32.2. The number of nitrogens with zero attached hydrogens (tertiary/aromatic N) is 2. The molecule has 0 aromatic heterocycles. The van der Waals surface area contributed by atoms with Crippen molar-refractivity contribution in [2.45, 2.75) is 38.0 Å². The predicted octanol–water partition coefficient (Wildman–Crippen LogP) is 1.81. The molecule has 0 amide bonds. The lowest BCUT2D eigenvalue weighted by atomic mass is 9.78. The van der Waals surface area contributed by atoms with Crippen LogP contribution in [-0.2, 0) is 4.74 Å². The van der Waals surface area contributed by atoms with Crippen LogP contribution >= 0.6 is 11.8 Å². The molecular formula is C15H27N3OS. The Morgan fingerprint density at radius 3 is 2.90 bits per heavy atom. The molecule has 0 radical (unpaired) electrons. The first-order valence-corrected chi connectivity index (χ1v) is 8.90. The molecule has 3 fully saturated rings. The molecule has 0 bridgehead atoms. The van der Waals surface area contributed by atoms with Crippen LogP contribution < -0.4 is 5.32 Å². The Bertz CT molecular complexity index is 357. The Balaban J connectivity index is 1.47. The lowest BCUT2D eigenvalue weighted by molar-refractivity contribution is 0.0394. The minimum absolute atomic E-state index is 0.644. The molecule has 2 heterocycles. The van der Waals surface area contributed by atoms with Gasteiger partial charge in [-0.15, -0.1) is 0 Å². The number of hydrogen-bond donors (Lipinski definition) is 1. The first kappa shape index (κ1) is 14.7. The van der Waals surface area contributed by atoms with E-state index in [4.69, 9.17) is 9.73 Å². The van der Waals surface area contributed by atoms with Gasteiger partial charge >= 0.3 is 0 Å². The third-order valence-corrected chi connectivity index (χ3v) is 6.40. The van der Waals surface area contributed by atoms with Gasteiger partial charge in [-0.25, -0.2) is 0 Å². The molecule has 5 heteroatoms. The Kier molecular flexibility index (Phi) is 4.89. The second-order valence-corrected chi connectivity index (χ2v) is 7.61. The molecule has 2 saturated heterocycles. The van der Waals surface area contributed by atoms with E-state index in [1.54, 1.807) is 0 Å². The molecule has 114 valence electrons. The Hall–Kier alpha value is -0.260. The highest BCUT2D eigenvalue weighted by molar-refractivity contribution is 8.14. The van der Waals surface area contributed by atoms with Gasteiger partial charge in [-0.3, -0.25) is 9.89 Å². The third-order valence-electron chi connectivity index (χ3n) is 5.10. The van der Waals surface area contributed by atoms with E-state index in [0.717, 1.165) is 56.5 Å². The molecule has 4 nitrogen and oxygen atoms in total. The van der Waals surface area contributed by atoms with Gasteiger partial charge in [-0.05, 0) is 24.7 Å². The van der Waals surface area contributed by atoms with Gasteiger partial charge < -0.3 is 10.1 Å². The summed E-state index contributed by atoms with van der Waals surface area (Å²) in [6.07, 6.45) is 2.72. The van der Waals surface area contributed by atoms with Crippen molar-refractivity contribution >= 4 is 16.9 Å². The topological polar surface area (TPSA) is 36.9 Å². The van der Waals surface area contributed by atoms with Crippen LogP contribution in [0.2, 0.25) is 0 Å². The predicted molar refractivity (Wildman–Crippen MR) is 85.4 cm³/mol. The van der Waals surface area contributed by atoms with E-state index in [-0.39, 0.29) is 0 Å². The van der Waals surface area contributed by atoms with Crippen LogP contribution in [0.15, 0.2) is 4.99 Å². The molecule has 1 N–H and O–H groups in total. The average Bonchev–Trinajstić information content (AvgIpc) is 2.88. The number of amidine groups is 1. The summed E-state index contributed by atoms with van der Waals surface area (Å²) in [4.78, 5) is 7.24. The minimum atomic E-state index is 0.644. The van der Waals surface area contributed by atoms with E-state index in [2.05, 4.69) is 24.1 Å². The van der Waals surface area contributed by atoms with Crippen LogP contribution in [0.5, 0.6) is 0 Å². The third kappa shape index (κ3) is 3.31. The lowest BCUT2D eigenvalue weighted by Gasteiger charge is -2.35. The largest absolute Gasteiger partial charge is 0.379 e. The Labute approximate surface area is 126 Å². The van der Waals surface area contributed by atoms with E-state index in [1.807, 2.05) is 11.8 Å². The summed E-state index contributed by atoms with van der Waals surface area (Å²) in [5, 5.41) is 5.62. The lowest BCUT2D eigenvalue weighted by Crippen LogP contribution is -2.43. The van der Waals surface area contributed by atoms with Gasteiger partial charge in [0, 0.05) is 30.9 Å². The maximum Gasteiger partial charge on any atom is 0.157 e. The van der Waals surface area contributed by atoms with Crippen molar-refractivity contribution in [1.29, 1.82) is 0 Å². The van der Waals surface area contributed by atoms with E-state index in [9.17, 15) is 0 Å². The number of rotatable bonds is 3. The van der Waals surface area contributed by atoms with Crippen molar-refractivity contribution in [3.05, 3.63) is 0 Å². The average molecular weight is 297 g/mol. The van der Waals surface area contributed by atoms with Crippen molar-refractivity contribution in [1.82, 2.24) is 10.2 Å². The van der Waals surface area contributed by atoms with Gasteiger partial charge in [0.25, 0.3) is 0 Å². The molecule has 3 aliphatic rings. The highest BCUT2D eigenvalue weighted by Gasteiger charge is 2.40. The summed E-state index contributed by atoms with van der Waals surface area (Å²) in [7, 11) is 0. The summed E-state index contributed by atoms with van der Waals surface area (Å²) in [6.45, 7) is 10.6. The van der Waals surface area contributed by atoms with E-state index < -0.39 is 0 Å². The smallest absolute Gasteiger partial charge is 0.157 e. The van der Waals surface area contributed by atoms with Gasteiger partial charge in [-0.1, -0.05) is 25.6 Å². The maximum absolute atomic E-state index is 5.37. The molecule has 0 spiro atoms. The fourth-order valence-electron chi connectivity index (χ4n) is 3.44. The summed E-state index contributed by atoms with van der Waals surface area (Å²) in [5.74, 6) is 1.62. The van der Waals surface area contributed by atoms with Crippen molar-refractivity contribution in [3.63, 3.8) is 0 Å². The fraction of sp³-hybridized carbons (Fsp3) is 0.933. The van der Waals surface area contributed by atoms with Crippen LogP contribution in [0.25, 0.3) is 0 Å². The van der Waals surface area contributed by atoms with Crippen molar-refractivity contribution in [2.75, 3.05) is 39.4 Å². The highest BCUT2D eigenvalue weighted by Crippen LogP contribution is 2.40. The zero-order valence-electron chi connectivity index (χ0n) is 12.7. The first-order chi connectivity index (χ1) is 9.74. The van der Waals surface area contributed by atoms with Crippen molar-refractivity contribution in [2.24, 2.45) is 16.8 Å². The Morgan fingerprint density at radius 2 is 2.10 bits per heavy atom. The van der Waals surface area contributed by atoms with Gasteiger partial charge in [0.2, 0.25) is 0 Å². The van der Waals surface area contributed by atoms with Gasteiger partial charge in [0.05, 0.1) is 19.8 Å². The number of fused-ring (bicyclic) bond motifs is 1.